The first kappa shape index (κ1) is 13.4. The van der Waals surface area contributed by atoms with Crippen LogP contribution in [0.4, 0.5) is 5.00 Å². The van der Waals surface area contributed by atoms with Gasteiger partial charge in [0.1, 0.15) is 10.7 Å². The summed E-state index contributed by atoms with van der Waals surface area (Å²) in [7, 11) is 2.04. The second-order valence-corrected chi connectivity index (χ2v) is 5.57. The maximum Gasteiger partial charge on any atom is 0.148 e. The molecule has 0 bridgehead atoms. The van der Waals surface area contributed by atoms with E-state index in [0.29, 0.717) is 6.54 Å². The van der Waals surface area contributed by atoms with Crippen molar-refractivity contribution in [3.8, 4) is 0 Å². The Labute approximate surface area is 118 Å². The fourth-order valence-corrected chi connectivity index (χ4v) is 2.55. The molecule has 7 heteroatoms. The fourth-order valence-electron chi connectivity index (χ4n) is 1.65. The molecule has 0 saturated carbocycles. The van der Waals surface area contributed by atoms with Gasteiger partial charge in [-0.15, -0.1) is 5.10 Å². The first-order valence-electron chi connectivity index (χ1n) is 5.40. The van der Waals surface area contributed by atoms with Crippen molar-refractivity contribution in [2.45, 2.75) is 13.1 Å². The van der Waals surface area contributed by atoms with Gasteiger partial charge >= 0.3 is 0 Å². The van der Waals surface area contributed by atoms with Crippen LogP contribution in [0.2, 0.25) is 0 Å². The summed E-state index contributed by atoms with van der Waals surface area (Å²) in [4.78, 5) is 2.16. The maximum atomic E-state index is 5.40. The zero-order valence-electron chi connectivity index (χ0n) is 9.93. The molecule has 2 rings (SSSR count). The molecule has 0 aliphatic heterocycles. The average Bonchev–Trinajstić information content (AvgIpc) is 2.79. The van der Waals surface area contributed by atoms with E-state index in [9.17, 15) is 0 Å². The third-order valence-electron chi connectivity index (χ3n) is 2.50. The molecule has 0 atom stereocenters. The van der Waals surface area contributed by atoms with Gasteiger partial charge in [0.2, 0.25) is 0 Å². The minimum atomic E-state index is 0.706. The predicted octanol–water partition coefficient (Wildman–Crippen LogP) is 2.22. The monoisotopic (exact) mass is 327 g/mol. The first-order valence-corrected chi connectivity index (χ1v) is 6.97. The molecule has 3 N–H and O–H groups in total. The molecule has 1 aromatic heterocycles. The molecule has 5 nitrogen and oxygen atoms in total. The molecule has 1 aromatic carbocycles. The summed E-state index contributed by atoms with van der Waals surface area (Å²) in [6.45, 7) is 1.54. The molecule has 0 unspecified atom stereocenters. The van der Waals surface area contributed by atoms with E-state index in [4.69, 9.17) is 5.84 Å². The Kier molecular flexibility index (Phi) is 4.65. The van der Waals surface area contributed by atoms with Gasteiger partial charge < -0.3 is 5.43 Å². The van der Waals surface area contributed by atoms with Crippen LogP contribution < -0.4 is 11.3 Å². The number of hydrogen-bond donors (Lipinski definition) is 2. The number of nitrogen functional groups attached to an aromatic ring is 1. The van der Waals surface area contributed by atoms with Gasteiger partial charge in [0, 0.05) is 29.1 Å². The van der Waals surface area contributed by atoms with E-state index in [1.165, 1.54) is 17.1 Å². The third-order valence-corrected chi connectivity index (χ3v) is 3.98. The highest BCUT2D eigenvalue weighted by Crippen LogP contribution is 2.20. The molecule has 0 radical (unpaired) electrons. The third kappa shape index (κ3) is 3.26. The zero-order chi connectivity index (χ0) is 13.0. The van der Waals surface area contributed by atoms with Gasteiger partial charge in [-0.05, 0) is 18.7 Å². The number of hydrazine groups is 1. The summed E-state index contributed by atoms with van der Waals surface area (Å²) in [5, 5.41) is 4.88. The molecule has 0 aliphatic rings. The smallest absolute Gasteiger partial charge is 0.148 e. The van der Waals surface area contributed by atoms with Crippen molar-refractivity contribution < 1.29 is 0 Å². The Morgan fingerprint density at radius 3 is 2.89 bits per heavy atom. The molecular formula is C11H14BrN5S. The second kappa shape index (κ2) is 6.24. The van der Waals surface area contributed by atoms with E-state index in [1.54, 1.807) is 0 Å². The number of aromatic nitrogens is 2. The van der Waals surface area contributed by atoms with Gasteiger partial charge in [-0.1, -0.05) is 38.6 Å². The Bertz CT molecular complexity index is 516. The minimum Gasteiger partial charge on any atom is -0.313 e. The largest absolute Gasteiger partial charge is 0.313 e. The summed E-state index contributed by atoms with van der Waals surface area (Å²) < 4.78 is 5.00. The van der Waals surface area contributed by atoms with Crippen LogP contribution in [0.25, 0.3) is 0 Å². The number of nitrogens with zero attached hydrogens (tertiary/aromatic N) is 3. The van der Waals surface area contributed by atoms with Crippen molar-refractivity contribution in [3.63, 3.8) is 0 Å². The number of nitrogens with one attached hydrogen (secondary N) is 1. The van der Waals surface area contributed by atoms with Crippen LogP contribution >= 0.6 is 27.5 Å². The van der Waals surface area contributed by atoms with Gasteiger partial charge in [0.15, 0.2) is 0 Å². The van der Waals surface area contributed by atoms with E-state index in [1.807, 2.05) is 25.2 Å². The molecule has 2 aromatic rings. The summed E-state index contributed by atoms with van der Waals surface area (Å²) in [5.74, 6) is 5.40. The number of hydrogen-bond acceptors (Lipinski definition) is 6. The Morgan fingerprint density at radius 2 is 2.17 bits per heavy atom. The van der Waals surface area contributed by atoms with Crippen LogP contribution in [0.1, 0.15) is 11.3 Å². The van der Waals surface area contributed by atoms with Crippen LogP contribution in [0.15, 0.2) is 28.7 Å². The summed E-state index contributed by atoms with van der Waals surface area (Å²) in [5.41, 5.74) is 4.73. The molecule has 96 valence electrons. The van der Waals surface area contributed by atoms with Crippen molar-refractivity contribution in [1.29, 1.82) is 0 Å². The topological polar surface area (TPSA) is 67.1 Å². The molecule has 18 heavy (non-hydrogen) atoms. The van der Waals surface area contributed by atoms with Gasteiger partial charge in [-0.3, -0.25) is 4.90 Å². The van der Waals surface area contributed by atoms with Gasteiger partial charge in [-0.25, -0.2) is 5.84 Å². The van der Waals surface area contributed by atoms with E-state index in [2.05, 4.69) is 41.9 Å². The van der Waals surface area contributed by atoms with Crippen molar-refractivity contribution in [2.75, 3.05) is 12.5 Å². The summed E-state index contributed by atoms with van der Waals surface area (Å²) in [6.07, 6.45) is 0. The van der Waals surface area contributed by atoms with E-state index in [-0.39, 0.29) is 0 Å². The molecule has 0 fully saturated rings. The van der Waals surface area contributed by atoms with Crippen molar-refractivity contribution in [3.05, 3.63) is 40.0 Å². The van der Waals surface area contributed by atoms with Crippen LogP contribution in [-0.4, -0.2) is 21.5 Å². The lowest BCUT2D eigenvalue weighted by molar-refractivity contribution is 0.315. The van der Waals surface area contributed by atoms with E-state index in [0.717, 1.165) is 21.7 Å². The standard InChI is InChI=1S/C11H14BrN5S/c1-17(6-8-4-2-3-5-9(8)12)7-10-11(14-13)18-16-15-10/h2-5,14H,6-7,13H2,1H3. The van der Waals surface area contributed by atoms with Gasteiger partial charge in [0.25, 0.3) is 0 Å². The lowest BCUT2D eigenvalue weighted by Crippen LogP contribution is -2.19. The second-order valence-electron chi connectivity index (χ2n) is 3.96. The van der Waals surface area contributed by atoms with Gasteiger partial charge in [0.05, 0.1) is 0 Å². The lowest BCUT2D eigenvalue weighted by atomic mass is 10.2. The fraction of sp³-hybridized carbons (Fsp3) is 0.273. The number of rotatable bonds is 5. The molecule has 0 aliphatic carbocycles. The number of benzene rings is 1. The van der Waals surface area contributed by atoms with Gasteiger partial charge in [-0.2, -0.15) is 0 Å². The molecule has 0 saturated heterocycles. The first-order chi connectivity index (χ1) is 8.70. The minimum absolute atomic E-state index is 0.706. The highest BCUT2D eigenvalue weighted by molar-refractivity contribution is 9.10. The highest BCUT2D eigenvalue weighted by Gasteiger charge is 2.10. The van der Waals surface area contributed by atoms with Crippen molar-refractivity contribution >= 4 is 32.5 Å². The molecule has 0 spiro atoms. The zero-order valence-corrected chi connectivity index (χ0v) is 12.3. The Hall–Kier alpha value is -1.02. The molecule has 0 amide bonds. The van der Waals surface area contributed by atoms with Crippen LogP contribution in [-0.2, 0) is 13.1 Å². The molecule has 1 heterocycles. The van der Waals surface area contributed by atoms with E-state index >= 15 is 0 Å². The van der Waals surface area contributed by atoms with Crippen LogP contribution in [0.3, 0.4) is 0 Å². The summed E-state index contributed by atoms with van der Waals surface area (Å²) in [6, 6.07) is 8.18. The number of halogens is 1. The lowest BCUT2D eigenvalue weighted by Gasteiger charge is -2.16. The van der Waals surface area contributed by atoms with Crippen molar-refractivity contribution in [2.24, 2.45) is 5.84 Å². The van der Waals surface area contributed by atoms with Crippen LogP contribution in [0.5, 0.6) is 0 Å². The average molecular weight is 328 g/mol. The number of anilines is 1. The summed E-state index contributed by atoms with van der Waals surface area (Å²) >= 11 is 4.81. The predicted molar refractivity (Wildman–Crippen MR) is 77.0 cm³/mol. The highest BCUT2D eigenvalue weighted by atomic mass is 79.9. The SMILES string of the molecule is CN(Cc1ccccc1Br)Cc1nnsc1NN. The Morgan fingerprint density at radius 1 is 1.39 bits per heavy atom. The van der Waals surface area contributed by atoms with Crippen LogP contribution in [0, 0.1) is 0 Å². The molecular weight excluding hydrogens is 314 g/mol. The van der Waals surface area contributed by atoms with Crippen molar-refractivity contribution in [1.82, 2.24) is 14.5 Å². The maximum absolute atomic E-state index is 5.40. The Balaban J connectivity index is 2.01. The quantitative estimate of drug-likeness (QED) is 0.651. The van der Waals surface area contributed by atoms with E-state index < -0.39 is 0 Å². The number of nitrogens with two attached hydrogens (primary N) is 1. The normalized spacial score (nSPS) is 10.9.